The number of thiophene rings is 2. The topological polar surface area (TPSA) is 90.3 Å². The van der Waals surface area contributed by atoms with Crippen LogP contribution in [0, 0.1) is 5.92 Å². The molecule has 2 aliphatic rings. The highest BCUT2D eigenvalue weighted by atomic mass is 32.2. The molecule has 0 aliphatic heterocycles. The first-order chi connectivity index (χ1) is 19.4. The summed E-state index contributed by atoms with van der Waals surface area (Å²) in [6.45, 7) is 4.31. The number of nitrogens with one attached hydrogen (secondary N) is 1. The van der Waals surface area contributed by atoms with Crippen LogP contribution in [0.15, 0.2) is 40.3 Å². The molecule has 1 N–H and O–H groups in total. The molecule has 0 saturated carbocycles. The number of aryl methyl sites for hydroxylation is 2. The van der Waals surface area contributed by atoms with Crippen molar-refractivity contribution in [2.45, 2.75) is 63.9 Å². The molecule has 7 nitrogen and oxygen atoms in total. The minimum atomic E-state index is -0.383. The number of amides is 1. The standard InChI is InChI=1S/C30H31N3O4S3/c1-3-37-29(36)25-19-11-7-8-12-21(19)39-27(25)31-23(34)16-38-30-32-26-24(20-14-13-17(2)15-22(20)40-26)28(35)33(30)18-9-5-4-6-10-18/h4-6,9-10,17H,3,7-8,11-16H2,1-2H3,(H,31,34). The van der Waals surface area contributed by atoms with Crippen LogP contribution in [0.1, 0.15) is 64.3 Å². The zero-order chi connectivity index (χ0) is 27.8. The molecule has 1 aromatic carbocycles. The van der Waals surface area contributed by atoms with E-state index in [2.05, 4.69) is 12.2 Å². The average molecular weight is 594 g/mol. The molecular weight excluding hydrogens is 563 g/mol. The van der Waals surface area contributed by atoms with E-state index in [0.717, 1.165) is 71.5 Å². The minimum absolute atomic E-state index is 0.0533. The zero-order valence-corrected chi connectivity index (χ0v) is 25.0. The number of para-hydroxylation sites is 1. The van der Waals surface area contributed by atoms with E-state index in [4.69, 9.17) is 9.72 Å². The van der Waals surface area contributed by atoms with Crippen LogP contribution in [0.25, 0.3) is 15.9 Å². The Balaban J connectivity index is 1.31. The van der Waals surface area contributed by atoms with Crippen molar-refractivity contribution < 1.29 is 14.3 Å². The van der Waals surface area contributed by atoms with Crippen molar-refractivity contribution in [2.75, 3.05) is 17.7 Å². The van der Waals surface area contributed by atoms with Crippen molar-refractivity contribution in [3.63, 3.8) is 0 Å². The number of fused-ring (bicyclic) bond motifs is 4. The molecule has 3 heterocycles. The molecule has 0 radical (unpaired) electrons. The summed E-state index contributed by atoms with van der Waals surface area (Å²) in [4.78, 5) is 48.1. The van der Waals surface area contributed by atoms with Crippen molar-refractivity contribution in [1.29, 1.82) is 0 Å². The van der Waals surface area contributed by atoms with Gasteiger partial charge in [0.05, 0.1) is 29.0 Å². The molecule has 4 aromatic rings. The molecule has 3 aromatic heterocycles. The Labute approximate surface area is 245 Å². The van der Waals surface area contributed by atoms with Gasteiger partial charge in [0.25, 0.3) is 5.56 Å². The van der Waals surface area contributed by atoms with Crippen molar-refractivity contribution in [3.8, 4) is 5.69 Å². The number of nitrogens with zero attached hydrogens (tertiary/aromatic N) is 2. The van der Waals surface area contributed by atoms with Crippen molar-refractivity contribution >= 4 is 61.5 Å². The smallest absolute Gasteiger partial charge is 0.341 e. The molecule has 40 heavy (non-hydrogen) atoms. The van der Waals surface area contributed by atoms with Crippen LogP contribution in [0.5, 0.6) is 0 Å². The average Bonchev–Trinajstić information content (AvgIpc) is 3.49. The first-order valence-electron chi connectivity index (χ1n) is 13.8. The van der Waals surface area contributed by atoms with Crippen LogP contribution < -0.4 is 10.9 Å². The highest BCUT2D eigenvalue weighted by Crippen LogP contribution is 2.39. The normalized spacial score (nSPS) is 16.4. The number of carbonyl (C=O) groups is 2. The molecule has 0 spiro atoms. The third kappa shape index (κ3) is 5.12. The van der Waals surface area contributed by atoms with Crippen LogP contribution in [0.3, 0.4) is 0 Å². The Hall–Kier alpha value is -2.95. The van der Waals surface area contributed by atoms with E-state index in [-0.39, 0.29) is 29.8 Å². The highest BCUT2D eigenvalue weighted by molar-refractivity contribution is 7.99. The van der Waals surface area contributed by atoms with Crippen molar-refractivity contribution in [2.24, 2.45) is 5.92 Å². The fourth-order valence-corrected chi connectivity index (χ4v) is 9.17. The molecule has 208 valence electrons. The summed E-state index contributed by atoms with van der Waals surface area (Å²) in [5.74, 6) is 0.0164. The van der Waals surface area contributed by atoms with Gasteiger partial charge in [-0.3, -0.25) is 14.2 Å². The fraction of sp³-hybridized carbons (Fsp3) is 0.400. The van der Waals surface area contributed by atoms with Crippen molar-refractivity contribution in [1.82, 2.24) is 9.55 Å². The third-order valence-corrected chi connectivity index (χ3v) is 10.8. The van der Waals surface area contributed by atoms with E-state index >= 15 is 0 Å². The lowest BCUT2D eigenvalue weighted by atomic mass is 9.89. The summed E-state index contributed by atoms with van der Waals surface area (Å²) < 4.78 is 6.97. The lowest BCUT2D eigenvalue weighted by molar-refractivity contribution is -0.113. The van der Waals surface area contributed by atoms with Gasteiger partial charge in [-0.1, -0.05) is 36.9 Å². The first-order valence-corrected chi connectivity index (χ1v) is 16.4. The van der Waals surface area contributed by atoms with E-state index in [1.165, 1.54) is 28.0 Å². The number of ether oxygens (including phenoxy) is 1. The molecule has 6 rings (SSSR count). The number of carbonyl (C=O) groups excluding carboxylic acids is 2. The molecule has 1 amide bonds. The second-order valence-corrected chi connectivity index (χ2v) is 13.5. The fourth-order valence-electron chi connectivity index (χ4n) is 5.64. The number of hydrogen-bond donors (Lipinski definition) is 1. The molecule has 2 aliphatic carbocycles. The van der Waals surface area contributed by atoms with Gasteiger partial charge in [-0.15, -0.1) is 22.7 Å². The van der Waals surface area contributed by atoms with Crippen LogP contribution in [0.4, 0.5) is 5.00 Å². The predicted octanol–water partition coefficient (Wildman–Crippen LogP) is 6.42. The summed E-state index contributed by atoms with van der Waals surface area (Å²) in [5.41, 5.74) is 3.30. The van der Waals surface area contributed by atoms with Gasteiger partial charge < -0.3 is 10.1 Å². The molecule has 10 heteroatoms. The summed E-state index contributed by atoms with van der Waals surface area (Å²) in [5, 5.41) is 4.74. The number of rotatable bonds is 7. The predicted molar refractivity (Wildman–Crippen MR) is 163 cm³/mol. The molecule has 1 unspecified atom stereocenters. The number of anilines is 1. The molecule has 1 atom stereocenters. The minimum Gasteiger partial charge on any atom is -0.462 e. The van der Waals surface area contributed by atoms with Gasteiger partial charge in [0.1, 0.15) is 9.83 Å². The molecule has 0 saturated heterocycles. The van der Waals surface area contributed by atoms with Gasteiger partial charge >= 0.3 is 5.97 Å². The van der Waals surface area contributed by atoms with E-state index in [9.17, 15) is 14.4 Å². The third-order valence-electron chi connectivity index (χ3n) is 7.55. The number of hydrogen-bond acceptors (Lipinski definition) is 8. The van der Waals surface area contributed by atoms with Crippen LogP contribution in [-0.4, -0.2) is 33.8 Å². The van der Waals surface area contributed by atoms with Gasteiger partial charge in [-0.2, -0.15) is 0 Å². The number of aromatic nitrogens is 2. The SMILES string of the molecule is CCOC(=O)c1c(NC(=O)CSc2nc3sc4c(c3c(=O)n2-c2ccccc2)CCC(C)C4)sc2c1CCCC2. The number of benzene rings is 1. The van der Waals surface area contributed by atoms with E-state index in [1.54, 1.807) is 22.8 Å². The Morgan fingerprint density at radius 1 is 1.10 bits per heavy atom. The summed E-state index contributed by atoms with van der Waals surface area (Å²) in [6, 6.07) is 9.49. The van der Waals surface area contributed by atoms with Gasteiger partial charge in [-0.25, -0.2) is 9.78 Å². The second kappa shape index (κ2) is 11.5. The van der Waals surface area contributed by atoms with Crippen molar-refractivity contribution in [3.05, 3.63) is 67.1 Å². The monoisotopic (exact) mass is 593 g/mol. The van der Waals surface area contributed by atoms with Crippen LogP contribution in [0.2, 0.25) is 0 Å². The second-order valence-electron chi connectivity index (χ2n) is 10.4. The van der Waals surface area contributed by atoms with Gasteiger partial charge in [0.2, 0.25) is 5.91 Å². The van der Waals surface area contributed by atoms with Crippen LogP contribution >= 0.6 is 34.4 Å². The van der Waals surface area contributed by atoms with Gasteiger partial charge in [-0.05, 0) is 81.0 Å². The maximum absolute atomic E-state index is 14.0. The molecular formula is C30H31N3O4S3. The van der Waals surface area contributed by atoms with E-state index in [1.807, 2.05) is 30.3 Å². The van der Waals surface area contributed by atoms with E-state index in [0.29, 0.717) is 27.0 Å². The maximum atomic E-state index is 14.0. The van der Waals surface area contributed by atoms with Gasteiger partial charge in [0.15, 0.2) is 5.16 Å². The maximum Gasteiger partial charge on any atom is 0.341 e. The van der Waals surface area contributed by atoms with E-state index < -0.39 is 0 Å². The Morgan fingerprint density at radius 2 is 1.90 bits per heavy atom. The van der Waals surface area contributed by atoms with Gasteiger partial charge in [0, 0.05) is 9.75 Å². The summed E-state index contributed by atoms with van der Waals surface area (Å²) in [6.07, 6.45) is 6.77. The summed E-state index contributed by atoms with van der Waals surface area (Å²) in [7, 11) is 0. The number of thioether (sulfide) groups is 1. The highest BCUT2D eigenvalue weighted by Gasteiger charge is 2.28. The molecule has 0 fully saturated rings. The lowest BCUT2D eigenvalue weighted by Crippen LogP contribution is -2.23. The zero-order valence-electron chi connectivity index (χ0n) is 22.6. The Bertz CT molecular complexity index is 1650. The largest absolute Gasteiger partial charge is 0.462 e. The molecule has 0 bridgehead atoms. The summed E-state index contributed by atoms with van der Waals surface area (Å²) >= 11 is 4.32. The number of esters is 1. The quantitative estimate of drug-likeness (QED) is 0.151. The lowest BCUT2D eigenvalue weighted by Gasteiger charge is -2.17. The Kier molecular flexibility index (Phi) is 7.83. The first kappa shape index (κ1) is 27.2. The Morgan fingerprint density at radius 3 is 2.70 bits per heavy atom. The van der Waals surface area contributed by atoms with Crippen LogP contribution in [-0.2, 0) is 35.2 Å².